The van der Waals surface area contributed by atoms with Crippen molar-refractivity contribution in [1.29, 1.82) is 0 Å². The van der Waals surface area contributed by atoms with Gasteiger partial charge in [0.1, 0.15) is 11.7 Å². The number of nitrogens with one attached hydrogen (secondary N) is 1. The van der Waals surface area contributed by atoms with E-state index in [2.05, 4.69) is 15.3 Å². The molecule has 2 aromatic carbocycles. The van der Waals surface area contributed by atoms with Crippen LogP contribution >= 0.6 is 0 Å². The zero-order valence-electron chi connectivity index (χ0n) is 22.1. The molecule has 0 aliphatic rings. The number of hydrogen-bond acceptors (Lipinski definition) is 7. The summed E-state index contributed by atoms with van der Waals surface area (Å²) >= 11 is 0. The van der Waals surface area contributed by atoms with Crippen LogP contribution < -0.4 is 19.5 Å². The van der Waals surface area contributed by atoms with Gasteiger partial charge in [-0.15, -0.1) is 0 Å². The molecule has 3 rings (SSSR count). The van der Waals surface area contributed by atoms with Gasteiger partial charge in [-0.2, -0.15) is 0 Å². The van der Waals surface area contributed by atoms with Gasteiger partial charge < -0.3 is 24.4 Å². The third-order valence-corrected chi connectivity index (χ3v) is 5.59. The van der Waals surface area contributed by atoms with Gasteiger partial charge in [-0.3, -0.25) is 14.6 Å². The van der Waals surface area contributed by atoms with Gasteiger partial charge in [0.25, 0.3) is 5.91 Å². The van der Waals surface area contributed by atoms with E-state index in [0.29, 0.717) is 29.2 Å². The quantitative estimate of drug-likeness (QED) is 0.446. The molecule has 0 bridgehead atoms. The van der Waals surface area contributed by atoms with E-state index in [9.17, 15) is 9.59 Å². The number of ether oxygens (including phenoxy) is 3. The zero-order valence-corrected chi connectivity index (χ0v) is 22.1. The van der Waals surface area contributed by atoms with Crippen LogP contribution in [0, 0.1) is 0 Å². The smallest absolute Gasteiger partial charge is 0.275 e. The molecule has 1 atom stereocenters. The highest BCUT2D eigenvalue weighted by atomic mass is 16.5. The molecule has 1 N–H and O–H groups in total. The maximum Gasteiger partial charge on any atom is 0.275 e. The van der Waals surface area contributed by atoms with Gasteiger partial charge in [-0.05, 0) is 50.5 Å². The molecule has 2 amide bonds. The van der Waals surface area contributed by atoms with Gasteiger partial charge in [-0.25, -0.2) is 4.98 Å². The summed E-state index contributed by atoms with van der Waals surface area (Å²) in [6, 6.07) is 12.1. The number of hydrogen-bond donors (Lipinski definition) is 1. The minimum absolute atomic E-state index is 0.136. The minimum atomic E-state index is -1.02. The molecule has 3 aromatic rings. The van der Waals surface area contributed by atoms with Crippen LogP contribution in [0.4, 0.5) is 0 Å². The Kier molecular flexibility index (Phi) is 9.05. The molecule has 0 saturated carbocycles. The molecule has 0 fully saturated rings. The average Bonchev–Trinajstić information content (AvgIpc) is 2.89. The Hall–Kier alpha value is -4.14. The molecule has 0 aliphatic carbocycles. The first kappa shape index (κ1) is 27.4. The van der Waals surface area contributed by atoms with Crippen LogP contribution in [0.1, 0.15) is 48.4 Å². The number of nitrogens with zero attached hydrogens (tertiary/aromatic N) is 3. The molecule has 0 saturated heterocycles. The number of benzene rings is 2. The SMILES string of the molecule is COc1cc([C@H](C(=O)NC(C)(C)C)N(CCc2ccccc2)C(=O)c2cnccn2)cc(OC)c1OC. The predicted octanol–water partition coefficient (Wildman–Crippen LogP) is 3.84. The Bertz CT molecular complexity index is 1170. The van der Waals surface area contributed by atoms with E-state index in [4.69, 9.17) is 14.2 Å². The van der Waals surface area contributed by atoms with Gasteiger partial charge in [0.2, 0.25) is 11.7 Å². The Morgan fingerprint density at radius 2 is 1.62 bits per heavy atom. The maximum atomic E-state index is 13.8. The maximum absolute atomic E-state index is 13.8. The lowest BCUT2D eigenvalue weighted by atomic mass is 9.99. The monoisotopic (exact) mass is 506 g/mol. The van der Waals surface area contributed by atoms with Crippen LogP contribution in [0.3, 0.4) is 0 Å². The Labute approximate surface area is 217 Å². The van der Waals surface area contributed by atoms with Crippen LogP contribution in [0.25, 0.3) is 0 Å². The summed E-state index contributed by atoms with van der Waals surface area (Å²) in [6.45, 7) is 5.90. The first-order chi connectivity index (χ1) is 17.7. The highest BCUT2D eigenvalue weighted by Gasteiger charge is 2.35. The molecule has 1 aromatic heterocycles. The van der Waals surface area contributed by atoms with Crippen molar-refractivity contribution in [3.8, 4) is 17.2 Å². The standard InChI is InChI=1S/C28H34N4O5/c1-28(2,3)31-26(33)24(20-16-22(35-4)25(37-6)23(17-20)36-5)32(15-12-19-10-8-7-9-11-19)27(34)21-18-29-13-14-30-21/h7-11,13-14,16-18,24H,12,15H2,1-6H3,(H,31,33)/t24-/m1/s1. The van der Waals surface area contributed by atoms with Crippen molar-refractivity contribution in [2.24, 2.45) is 0 Å². The van der Waals surface area contributed by atoms with Gasteiger partial charge in [0.05, 0.1) is 27.5 Å². The fourth-order valence-corrected chi connectivity index (χ4v) is 3.97. The first-order valence-electron chi connectivity index (χ1n) is 11.9. The molecule has 196 valence electrons. The Morgan fingerprint density at radius 3 is 2.14 bits per heavy atom. The van der Waals surface area contributed by atoms with E-state index < -0.39 is 17.5 Å². The van der Waals surface area contributed by atoms with E-state index in [0.717, 1.165) is 5.56 Å². The molecule has 1 heterocycles. The normalized spacial score (nSPS) is 11.8. The van der Waals surface area contributed by atoms with Crippen molar-refractivity contribution in [3.63, 3.8) is 0 Å². The number of carbonyl (C=O) groups excluding carboxylic acids is 2. The highest BCUT2D eigenvalue weighted by molar-refractivity contribution is 5.96. The summed E-state index contributed by atoms with van der Waals surface area (Å²) in [5.74, 6) is 0.361. The van der Waals surface area contributed by atoms with Gasteiger partial charge >= 0.3 is 0 Å². The number of methoxy groups -OCH3 is 3. The number of carbonyl (C=O) groups is 2. The fraction of sp³-hybridized carbons (Fsp3) is 0.357. The van der Waals surface area contributed by atoms with Crippen molar-refractivity contribution < 1.29 is 23.8 Å². The largest absolute Gasteiger partial charge is 0.493 e. The fourth-order valence-electron chi connectivity index (χ4n) is 3.97. The van der Waals surface area contributed by atoms with Gasteiger partial charge in [0, 0.05) is 24.5 Å². The third kappa shape index (κ3) is 6.97. The predicted molar refractivity (Wildman–Crippen MR) is 140 cm³/mol. The summed E-state index contributed by atoms with van der Waals surface area (Å²) in [5, 5.41) is 3.02. The van der Waals surface area contributed by atoms with Crippen molar-refractivity contribution in [3.05, 3.63) is 77.9 Å². The molecule has 9 heteroatoms. The second kappa shape index (κ2) is 12.2. The molecule has 0 radical (unpaired) electrons. The summed E-state index contributed by atoms with van der Waals surface area (Å²) in [6.07, 6.45) is 4.86. The highest BCUT2D eigenvalue weighted by Crippen LogP contribution is 2.41. The third-order valence-electron chi connectivity index (χ3n) is 5.59. The van der Waals surface area contributed by atoms with E-state index in [-0.39, 0.29) is 18.1 Å². The summed E-state index contributed by atoms with van der Waals surface area (Å²) in [4.78, 5) is 37.5. The van der Waals surface area contributed by atoms with Crippen LogP contribution in [0.15, 0.2) is 61.1 Å². The lowest BCUT2D eigenvalue weighted by molar-refractivity contribution is -0.127. The van der Waals surface area contributed by atoms with Crippen LogP contribution in [-0.4, -0.2) is 60.1 Å². The van der Waals surface area contributed by atoms with Crippen molar-refractivity contribution in [1.82, 2.24) is 20.2 Å². The first-order valence-corrected chi connectivity index (χ1v) is 11.9. The van der Waals surface area contributed by atoms with Crippen molar-refractivity contribution >= 4 is 11.8 Å². The number of rotatable bonds is 10. The second-order valence-electron chi connectivity index (χ2n) is 9.43. The second-order valence-corrected chi connectivity index (χ2v) is 9.43. The Morgan fingerprint density at radius 1 is 0.973 bits per heavy atom. The molecular formula is C28H34N4O5. The zero-order chi connectivity index (χ0) is 27.0. The van der Waals surface area contributed by atoms with E-state index in [1.165, 1.54) is 44.8 Å². The van der Waals surface area contributed by atoms with E-state index in [1.54, 1.807) is 12.1 Å². The molecular weight excluding hydrogens is 472 g/mol. The van der Waals surface area contributed by atoms with E-state index >= 15 is 0 Å². The molecule has 0 aliphatic heterocycles. The van der Waals surface area contributed by atoms with Crippen LogP contribution in [0.2, 0.25) is 0 Å². The lowest BCUT2D eigenvalue weighted by Gasteiger charge is -2.34. The Balaban J connectivity index is 2.17. The summed E-state index contributed by atoms with van der Waals surface area (Å²) in [7, 11) is 4.51. The number of amides is 2. The minimum Gasteiger partial charge on any atom is -0.493 e. The number of aromatic nitrogens is 2. The van der Waals surface area contributed by atoms with Gasteiger partial charge in [0.15, 0.2) is 11.5 Å². The van der Waals surface area contributed by atoms with E-state index in [1.807, 2.05) is 51.1 Å². The molecule has 0 unspecified atom stereocenters. The van der Waals surface area contributed by atoms with Crippen molar-refractivity contribution in [2.75, 3.05) is 27.9 Å². The molecule has 9 nitrogen and oxygen atoms in total. The topological polar surface area (TPSA) is 103 Å². The van der Waals surface area contributed by atoms with Gasteiger partial charge in [-0.1, -0.05) is 30.3 Å². The van der Waals surface area contributed by atoms with Crippen LogP contribution in [0.5, 0.6) is 17.2 Å². The average molecular weight is 507 g/mol. The lowest BCUT2D eigenvalue weighted by Crippen LogP contribution is -2.50. The molecule has 0 spiro atoms. The van der Waals surface area contributed by atoms with Crippen LogP contribution in [-0.2, 0) is 11.2 Å². The molecule has 37 heavy (non-hydrogen) atoms. The van der Waals surface area contributed by atoms with Crippen molar-refractivity contribution in [2.45, 2.75) is 38.8 Å². The summed E-state index contributed by atoms with van der Waals surface area (Å²) in [5.41, 5.74) is 1.12. The summed E-state index contributed by atoms with van der Waals surface area (Å²) < 4.78 is 16.6.